The Kier molecular flexibility index (Phi) is 6.34. The Bertz CT molecular complexity index is 339. The predicted molar refractivity (Wildman–Crippen MR) is 75.9 cm³/mol. The second kappa shape index (κ2) is 7.54. The molecule has 0 atom stereocenters. The van der Waals surface area contributed by atoms with Crippen LogP contribution < -0.4 is 5.32 Å². The van der Waals surface area contributed by atoms with Crippen LogP contribution in [0.15, 0.2) is 11.1 Å². The molecule has 1 heterocycles. The summed E-state index contributed by atoms with van der Waals surface area (Å²) in [4.78, 5) is 9.11. The van der Waals surface area contributed by atoms with Crippen LogP contribution >= 0.6 is 11.8 Å². The molecule has 96 valence electrons. The Balaban J connectivity index is 2.79. The highest BCUT2D eigenvalue weighted by Crippen LogP contribution is 2.22. The van der Waals surface area contributed by atoms with Gasteiger partial charge in [0.1, 0.15) is 16.7 Å². The van der Waals surface area contributed by atoms with Gasteiger partial charge < -0.3 is 5.32 Å². The van der Waals surface area contributed by atoms with Crippen molar-refractivity contribution in [2.75, 3.05) is 17.6 Å². The smallest absolute Gasteiger partial charge is 0.134 e. The van der Waals surface area contributed by atoms with E-state index in [0.29, 0.717) is 5.92 Å². The van der Waals surface area contributed by atoms with Crippen LogP contribution in [0, 0.1) is 0 Å². The highest BCUT2D eigenvalue weighted by atomic mass is 32.2. The van der Waals surface area contributed by atoms with E-state index in [2.05, 4.69) is 49.0 Å². The molecule has 0 saturated heterocycles. The van der Waals surface area contributed by atoms with E-state index in [-0.39, 0.29) is 0 Å². The van der Waals surface area contributed by atoms with Crippen LogP contribution in [0.5, 0.6) is 0 Å². The van der Waals surface area contributed by atoms with Crippen LogP contribution in [0.3, 0.4) is 0 Å². The number of nitrogens with zero attached hydrogens (tertiary/aromatic N) is 2. The number of thioether (sulfide) groups is 1. The molecular formula is C13H23N3S. The molecule has 0 bridgehead atoms. The minimum Gasteiger partial charge on any atom is -0.370 e. The van der Waals surface area contributed by atoms with Gasteiger partial charge in [-0.2, -0.15) is 0 Å². The zero-order valence-electron chi connectivity index (χ0n) is 11.3. The molecule has 0 saturated carbocycles. The molecule has 1 N–H and O–H groups in total. The maximum Gasteiger partial charge on any atom is 0.134 e. The zero-order valence-corrected chi connectivity index (χ0v) is 12.1. The third-order valence-electron chi connectivity index (χ3n) is 2.34. The molecule has 0 fully saturated rings. The molecule has 0 spiro atoms. The molecule has 0 aliphatic rings. The maximum absolute atomic E-state index is 4.60. The molecule has 0 aromatic carbocycles. The molecule has 0 aliphatic carbocycles. The first-order chi connectivity index (χ1) is 8.17. The number of unbranched alkanes of at least 4 members (excludes halogenated alkanes) is 1. The largest absolute Gasteiger partial charge is 0.370 e. The van der Waals surface area contributed by atoms with Crippen molar-refractivity contribution < 1.29 is 0 Å². The third-order valence-corrected chi connectivity index (χ3v) is 3.34. The minimum atomic E-state index is 0.374. The van der Waals surface area contributed by atoms with Crippen molar-refractivity contribution in [3.05, 3.63) is 11.9 Å². The third kappa shape index (κ3) is 4.94. The summed E-state index contributed by atoms with van der Waals surface area (Å²) in [6, 6.07) is 2.05. The Morgan fingerprint density at radius 2 is 2.06 bits per heavy atom. The summed E-state index contributed by atoms with van der Waals surface area (Å²) in [6.45, 7) is 9.45. The number of hydrogen-bond donors (Lipinski definition) is 1. The highest BCUT2D eigenvalue weighted by molar-refractivity contribution is 7.99. The van der Waals surface area contributed by atoms with Crippen LogP contribution in [0.25, 0.3) is 0 Å². The van der Waals surface area contributed by atoms with Gasteiger partial charge in [0.25, 0.3) is 0 Å². The average Bonchev–Trinajstić information content (AvgIpc) is 2.29. The summed E-state index contributed by atoms with van der Waals surface area (Å²) in [5, 5.41) is 4.36. The van der Waals surface area contributed by atoms with E-state index >= 15 is 0 Å². The molecule has 1 aromatic heterocycles. The SMILES string of the molecule is CCCCSc1cc(NCC)nc(C(C)C)n1. The van der Waals surface area contributed by atoms with E-state index in [1.807, 2.05) is 11.8 Å². The summed E-state index contributed by atoms with van der Waals surface area (Å²) >= 11 is 1.83. The van der Waals surface area contributed by atoms with Crippen molar-refractivity contribution in [2.24, 2.45) is 0 Å². The monoisotopic (exact) mass is 253 g/mol. The van der Waals surface area contributed by atoms with Gasteiger partial charge in [-0.1, -0.05) is 27.2 Å². The molecule has 0 aliphatic heterocycles. The summed E-state index contributed by atoms with van der Waals surface area (Å²) in [7, 11) is 0. The quantitative estimate of drug-likeness (QED) is 0.454. The molecule has 0 amide bonds. The van der Waals surface area contributed by atoms with E-state index < -0.39 is 0 Å². The molecule has 3 nitrogen and oxygen atoms in total. The van der Waals surface area contributed by atoms with E-state index in [0.717, 1.165) is 29.0 Å². The van der Waals surface area contributed by atoms with Gasteiger partial charge in [0.2, 0.25) is 0 Å². The number of rotatable bonds is 7. The van der Waals surface area contributed by atoms with Crippen LogP contribution in [0.4, 0.5) is 5.82 Å². The highest BCUT2D eigenvalue weighted by Gasteiger charge is 2.07. The minimum absolute atomic E-state index is 0.374. The normalized spacial score (nSPS) is 10.9. The van der Waals surface area contributed by atoms with Gasteiger partial charge >= 0.3 is 0 Å². The fourth-order valence-corrected chi connectivity index (χ4v) is 2.36. The van der Waals surface area contributed by atoms with Gasteiger partial charge in [0.05, 0.1) is 0 Å². The molecule has 1 aromatic rings. The summed E-state index contributed by atoms with van der Waals surface area (Å²) in [5.74, 6) is 3.39. The van der Waals surface area contributed by atoms with Crippen molar-refractivity contribution in [2.45, 2.75) is 51.5 Å². The Labute approximate surface area is 109 Å². The Morgan fingerprint density at radius 1 is 1.29 bits per heavy atom. The molecule has 17 heavy (non-hydrogen) atoms. The lowest BCUT2D eigenvalue weighted by molar-refractivity contribution is 0.754. The zero-order chi connectivity index (χ0) is 12.7. The van der Waals surface area contributed by atoms with Gasteiger partial charge in [-0.3, -0.25) is 0 Å². The van der Waals surface area contributed by atoms with E-state index in [4.69, 9.17) is 0 Å². The molecule has 4 heteroatoms. The van der Waals surface area contributed by atoms with Crippen LogP contribution in [-0.4, -0.2) is 22.3 Å². The summed E-state index contributed by atoms with van der Waals surface area (Å²) in [5.41, 5.74) is 0. The fourth-order valence-electron chi connectivity index (χ4n) is 1.37. The van der Waals surface area contributed by atoms with Crippen molar-refractivity contribution in [1.82, 2.24) is 9.97 Å². The fraction of sp³-hybridized carbons (Fsp3) is 0.692. The second-order valence-corrected chi connectivity index (χ2v) is 5.45. The van der Waals surface area contributed by atoms with Crippen molar-refractivity contribution in [3.63, 3.8) is 0 Å². The van der Waals surface area contributed by atoms with Crippen molar-refractivity contribution >= 4 is 17.6 Å². The van der Waals surface area contributed by atoms with E-state index in [1.165, 1.54) is 12.8 Å². The standard InChI is InChI=1S/C13H23N3S/c1-5-7-8-17-12-9-11(14-6-2)15-13(16-12)10(3)4/h9-10H,5-8H2,1-4H3,(H,14,15,16). The van der Waals surface area contributed by atoms with Crippen LogP contribution in [0.2, 0.25) is 0 Å². The molecule has 1 rings (SSSR count). The van der Waals surface area contributed by atoms with E-state index in [1.54, 1.807) is 0 Å². The maximum atomic E-state index is 4.60. The van der Waals surface area contributed by atoms with Gasteiger partial charge in [0.15, 0.2) is 0 Å². The molecular weight excluding hydrogens is 230 g/mol. The predicted octanol–water partition coefficient (Wildman–Crippen LogP) is 3.92. The molecule has 0 unspecified atom stereocenters. The van der Waals surface area contributed by atoms with Gasteiger partial charge in [-0.25, -0.2) is 9.97 Å². The average molecular weight is 253 g/mol. The van der Waals surface area contributed by atoms with Crippen LogP contribution in [0.1, 0.15) is 52.3 Å². The summed E-state index contributed by atoms with van der Waals surface area (Å²) < 4.78 is 0. The summed E-state index contributed by atoms with van der Waals surface area (Å²) in [6.07, 6.45) is 2.47. The number of aromatic nitrogens is 2. The lowest BCUT2D eigenvalue weighted by Gasteiger charge is -2.10. The van der Waals surface area contributed by atoms with Crippen molar-refractivity contribution in [3.8, 4) is 0 Å². The first-order valence-electron chi connectivity index (χ1n) is 6.43. The first-order valence-corrected chi connectivity index (χ1v) is 7.41. The lowest BCUT2D eigenvalue weighted by atomic mass is 10.2. The van der Waals surface area contributed by atoms with Crippen LogP contribution in [-0.2, 0) is 0 Å². The second-order valence-electron chi connectivity index (χ2n) is 4.34. The van der Waals surface area contributed by atoms with Crippen molar-refractivity contribution in [1.29, 1.82) is 0 Å². The van der Waals surface area contributed by atoms with E-state index in [9.17, 15) is 0 Å². The van der Waals surface area contributed by atoms with Gasteiger partial charge in [-0.15, -0.1) is 11.8 Å². The number of hydrogen-bond acceptors (Lipinski definition) is 4. The first kappa shape index (κ1) is 14.3. The molecule has 0 radical (unpaired) electrons. The topological polar surface area (TPSA) is 37.8 Å². The number of nitrogens with one attached hydrogen (secondary N) is 1. The Morgan fingerprint density at radius 3 is 2.65 bits per heavy atom. The number of anilines is 1. The van der Waals surface area contributed by atoms with Gasteiger partial charge in [0, 0.05) is 18.5 Å². The lowest BCUT2D eigenvalue weighted by Crippen LogP contribution is -2.05. The van der Waals surface area contributed by atoms with Gasteiger partial charge in [-0.05, 0) is 19.1 Å². The Hall–Kier alpha value is -0.770.